The van der Waals surface area contributed by atoms with Gasteiger partial charge in [-0.15, -0.1) is 0 Å². The highest BCUT2D eigenvalue weighted by atomic mass is 16.4. The monoisotopic (exact) mass is 296 g/mol. The van der Waals surface area contributed by atoms with E-state index in [9.17, 15) is 24.9 Å². The number of aliphatic carboxylic acids is 2. The lowest BCUT2D eigenvalue weighted by Gasteiger charge is -2.67. The van der Waals surface area contributed by atoms with Gasteiger partial charge in [-0.25, -0.2) is 0 Å². The lowest BCUT2D eigenvalue weighted by Crippen LogP contribution is -2.66. The van der Waals surface area contributed by atoms with Crippen LogP contribution >= 0.6 is 0 Å². The van der Waals surface area contributed by atoms with Crippen molar-refractivity contribution >= 4 is 11.9 Å². The fraction of sp³-hybridized carbons (Fsp3) is 0.875. The molecule has 4 rings (SSSR count). The van der Waals surface area contributed by atoms with Gasteiger partial charge in [0.2, 0.25) is 0 Å². The second kappa shape index (κ2) is 4.00. The Bertz CT molecular complexity index is 479. The normalized spacial score (nSPS) is 47.1. The van der Waals surface area contributed by atoms with E-state index < -0.39 is 33.8 Å². The number of carbonyl (C=O) groups is 2. The first-order chi connectivity index (χ1) is 9.60. The second-order valence-corrected chi connectivity index (χ2v) is 8.09. The molecule has 0 spiro atoms. The van der Waals surface area contributed by atoms with Crippen LogP contribution < -0.4 is 0 Å². The Balaban J connectivity index is 2.14. The maximum Gasteiger partial charge on any atom is 0.309 e. The number of hydrogen-bond acceptors (Lipinski definition) is 3. The third-order valence-electron chi connectivity index (χ3n) is 6.81. The zero-order chi connectivity index (χ0) is 15.7. The van der Waals surface area contributed by atoms with Gasteiger partial charge in [-0.1, -0.05) is 6.92 Å². The molecule has 0 aromatic carbocycles. The number of carboxylic acid groups (broad SMARTS) is 2. The molecule has 0 amide bonds. The average molecular weight is 296 g/mol. The highest BCUT2D eigenvalue weighted by Crippen LogP contribution is 2.72. The van der Waals surface area contributed by atoms with Crippen LogP contribution in [0.1, 0.15) is 58.8 Å². The molecule has 0 heterocycles. The maximum absolute atomic E-state index is 11.9. The standard InChI is InChI=1S/C16H24O5/c1-3-13(2,21)16-6-10-4-14(8-16,11(17)18)7-15(5-10,9-16)12(19)20/h10,21H,3-9H2,1-2H3,(H,17,18)(H,19,20). The number of aliphatic hydroxyl groups is 1. The SMILES string of the molecule is CCC(C)(O)C12CC3CC(C(=O)O)(CC(C(=O)O)(C3)C1)C2. The minimum absolute atomic E-state index is 0.103. The molecule has 0 radical (unpaired) electrons. The fourth-order valence-corrected chi connectivity index (χ4v) is 5.89. The Morgan fingerprint density at radius 2 is 1.52 bits per heavy atom. The summed E-state index contributed by atoms with van der Waals surface area (Å²) in [4.78, 5) is 23.8. The van der Waals surface area contributed by atoms with Crippen LogP contribution in [0.4, 0.5) is 0 Å². The molecule has 4 saturated carbocycles. The molecule has 5 nitrogen and oxygen atoms in total. The van der Waals surface area contributed by atoms with Gasteiger partial charge < -0.3 is 15.3 Å². The summed E-state index contributed by atoms with van der Waals surface area (Å²) in [6.45, 7) is 3.64. The Morgan fingerprint density at radius 1 is 1.05 bits per heavy atom. The molecule has 3 N–H and O–H groups in total. The van der Waals surface area contributed by atoms with Crippen LogP contribution in [0.15, 0.2) is 0 Å². The highest BCUT2D eigenvalue weighted by Gasteiger charge is 2.71. The van der Waals surface area contributed by atoms with Crippen molar-refractivity contribution in [2.75, 3.05) is 0 Å². The zero-order valence-electron chi connectivity index (χ0n) is 12.7. The molecule has 4 bridgehead atoms. The second-order valence-electron chi connectivity index (χ2n) is 8.09. The van der Waals surface area contributed by atoms with Gasteiger partial charge in [0, 0.05) is 5.41 Å². The van der Waals surface area contributed by atoms with Crippen LogP contribution in [-0.2, 0) is 9.59 Å². The Kier molecular flexibility index (Phi) is 2.82. The van der Waals surface area contributed by atoms with Gasteiger partial charge in [0.1, 0.15) is 0 Å². The molecule has 4 aliphatic rings. The third kappa shape index (κ3) is 1.73. The first kappa shape index (κ1) is 14.8. The van der Waals surface area contributed by atoms with E-state index in [1.165, 1.54) is 0 Å². The lowest BCUT2D eigenvalue weighted by molar-refractivity contribution is -0.236. The summed E-state index contributed by atoms with van der Waals surface area (Å²) >= 11 is 0. The zero-order valence-corrected chi connectivity index (χ0v) is 12.7. The topological polar surface area (TPSA) is 94.8 Å². The van der Waals surface area contributed by atoms with Gasteiger partial charge in [0.05, 0.1) is 16.4 Å². The van der Waals surface area contributed by atoms with Crippen molar-refractivity contribution in [1.82, 2.24) is 0 Å². The van der Waals surface area contributed by atoms with Crippen LogP contribution in [-0.4, -0.2) is 32.9 Å². The number of hydrogen-bond donors (Lipinski definition) is 3. The Hall–Kier alpha value is -1.10. The number of carboxylic acids is 2. The smallest absolute Gasteiger partial charge is 0.309 e. The van der Waals surface area contributed by atoms with Crippen molar-refractivity contribution in [1.29, 1.82) is 0 Å². The molecule has 0 aliphatic heterocycles. The molecule has 0 aromatic heterocycles. The molecule has 4 aliphatic carbocycles. The fourth-order valence-electron chi connectivity index (χ4n) is 5.89. The van der Waals surface area contributed by atoms with Crippen molar-refractivity contribution < 1.29 is 24.9 Å². The third-order valence-corrected chi connectivity index (χ3v) is 6.81. The largest absolute Gasteiger partial charge is 0.481 e. The molecule has 118 valence electrons. The van der Waals surface area contributed by atoms with E-state index in [4.69, 9.17) is 0 Å². The molecule has 3 unspecified atom stereocenters. The summed E-state index contributed by atoms with van der Waals surface area (Å²) in [5.41, 5.74) is -3.50. The minimum atomic E-state index is -1.01. The molecule has 4 fully saturated rings. The van der Waals surface area contributed by atoms with Crippen molar-refractivity contribution in [3.63, 3.8) is 0 Å². The quantitative estimate of drug-likeness (QED) is 0.739. The summed E-state index contributed by atoms with van der Waals surface area (Å²) in [5, 5.41) is 30.4. The molecular weight excluding hydrogens is 272 g/mol. The summed E-state index contributed by atoms with van der Waals surface area (Å²) in [6, 6.07) is 0. The van der Waals surface area contributed by atoms with Crippen LogP contribution in [0.2, 0.25) is 0 Å². The summed E-state index contributed by atoms with van der Waals surface area (Å²) in [7, 11) is 0. The van der Waals surface area contributed by atoms with E-state index in [2.05, 4.69) is 0 Å². The number of rotatable bonds is 4. The van der Waals surface area contributed by atoms with E-state index in [0.29, 0.717) is 32.1 Å². The highest BCUT2D eigenvalue weighted by molar-refractivity contribution is 5.81. The van der Waals surface area contributed by atoms with Crippen LogP contribution in [0.3, 0.4) is 0 Å². The Labute approximate surface area is 124 Å². The van der Waals surface area contributed by atoms with Gasteiger partial charge in [-0.2, -0.15) is 0 Å². The van der Waals surface area contributed by atoms with Crippen molar-refractivity contribution in [3.05, 3.63) is 0 Å². The minimum Gasteiger partial charge on any atom is -0.481 e. The van der Waals surface area contributed by atoms with Crippen LogP contribution in [0, 0.1) is 22.2 Å². The van der Waals surface area contributed by atoms with Crippen molar-refractivity contribution in [2.45, 2.75) is 64.4 Å². The van der Waals surface area contributed by atoms with Crippen molar-refractivity contribution in [2.24, 2.45) is 22.2 Å². The first-order valence-corrected chi connectivity index (χ1v) is 7.80. The van der Waals surface area contributed by atoms with E-state index in [1.807, 2.05) is 6.92 Å². The summed E-state index contributed by atoms with van der Waals surface area (Å²) in [6.07, 6.45) is 3.48. The molecule has 21 heavy (non-hydrogen) atoms. The summed E-state index contributed by atoms with van der Waals surface area (Å²) in [5.74, 6) is -1.66. The average Bonchev–Trinajstić information content (AvgIpc) is 2.36. The first-order valence-electron chi connectivity index (χ1n) is 7.80. The van der Waals surface area contributed by atoms with E-state index in [-0.39, 0.29) is 12.3 Å². The molecular formula is C16H24O5. The van der Waals surface area contributed by atoms with Gasteiger partial charge in [-0.3, -0.25) is 9.59 Å². The maximum atomic E-state index is 11.9. The molecule has 0 saturated heterocycles. The predicted octanol–water partition coefficient (Wildman–Crippen LogP) is 2.27. The van der Waals surface area contributed by atoms with E-state index >= 15 is 0 Å². The predicted molar refractivity (Wildman–Crippen MR) is 74.7 cm³/mol. The van der Waals surface area contributed by atoms with Gasteiger partial charge in [-0.05, 0) is 57.8 Å². The van der Waals surface area contributed by atoms with Crippen LogP contribution in [0.5, 0.6) is 0 Å². The van der Waals surface area contributed by atoms with Gasteiger partial charge in [0.25, 0.3) is 0 Å². The van der Waals surface area contributed by atoms with E-state index in [0.717, 1.165) is 6.42 Å². The summed E-state index contributed by atoms with van der Waals surface area (Å²) < 4.78 is 0. The van der Waals surface area contributed by atoms with Crippen molar-refractivity contribution in [3.8, 4) is 0 Å². The molecule has 5 heteroatoms. The Morgan fingerprint density at radius 3 is 1.90 bits per heavy atom. The van der Waals surface area contributed by atoms with E-state index in [1.54, 1.807) is 6.92 Å². The molecule has 0 aromatic rings. The van der Waals surface area contributed by atoms with Gasteiger partial charge >= 0.3 is 11.9 Å². The lowest BCUT2D eigenvalue weighted by atomic mass is 9.36. The van der Waals surface area contributed by atoms with Crippen LogP contribution in [0.25, 0.3) is 0 Å². The van der Waals surface area contributed by atoms with Gasteiger partial charge in [0.15, 0.2) is 0 Å². The molecule has 3 atom stereocenters.